The fourth-order valence-electron chi connectivity index (χ4n) is 2.22. The second-order valence-electron chi connectivity index (χ2n) is 5.70. The molecular formula is C16H23N3O2S. The number of fused-ring (bicyclic) bond motifs is 1. The minimum Gasteiger partial charge on any atom is -0.392 e. The number of anilines is 1. The molecule has 1 atom stereocenters. The van der Waals surface area contributed by atoms with Crippen LogP contribution in [-0.2, 0) is 6.42 Å². The molecule has 6 heteroatoms. The summed E-state index contributed by atoms with van der Waals surface area (Å²) in [7, 11) is 0. The average molecular weight is 321 g/mol. The molecule has 0 radical (unpaired) electrons. The first-order valence-electron chi connectivity index (χ1n) is 7.55. The second kappa shape index (κ2) is 7.07. The van der Waals surface area contributed by atoms with Crippen molar-refractivity contribution in [2.24, 2.45) is 0 Å². The summed E-state index contributed by atoms with van der Waals surface area (Å²) in [6.45, 7) is 7.93. The minimum absolute atomic E-state index is 0.00988. The van der Waals surface area contributed by atoms with Crippen molar-refractivity contribution in [3.8, 4) is 0 Å². The highest BCUT2D eigenvalue weighted by atomic mass is 32.1. The summed E-state index contributed by atoms with van der Waals surface area (Å²) >= 11 is 1.47. The van der Waals surface area contributed by atoms with Gasteiger partial charge >= 0.3 is 6.03 Å². The van der Waals surface area contributed by atoms with Gasteiger partial charge in [-0.3, -0.25) is 5.32 Å². The molecule has 1 unspecified atom stereocenters. The van der Waals surface area contributed by atoms with E-state index < -0.39 is 6.10 Å². The molecule has 2 aromatic rings. The fraction of sp³-hybridized carbons (Fsp3) is 0.500. The molecule has 0 bridgehead atoms. The Hall–Kier alpha value is -1.66. The number of aromatic nitrogens is 1. The predicted octanol–water partition coefficient (Wildman–Crippen LogP) is 3.48. The van der Waals surface area contributed by atoms with E-state index in [9.17, 15) is 9.90 Å². The van der Waals surface area contributed by atoms with E-state index in [1.54, 1.807) is 11.8 Å². The third kappa shape index (κ3) is 3.96. The van der Waals surface area contributed by atoms with Crippen molar-refractivity contribution < 1.29 is 9.90 Å². The molecule has 5 nitrogen and oxygen atoms in total. The maximum atomic E-state index is 12.4. The molecule has 0 aliphatic heterocycles. The Labute approximate surface area is 135 Å². The monoisotopic (exact) mass is 321 g/mol. The molecule has 0 aliphatic rings. The van der Waals surface area contributed by atoms with Crippen LogP contribution in [0.5, 0.6) is 0 Å². The quantitative estimate of drug-likeness (QED) is 0.886. The second-order valence-corrected chi connectivity index (χ2v) is 6.73. The molecule has 0 aliphatic carbocycles. The zero-order chi connectivity index (χ0) is 16.3. The lowest BCUT2D eigenvalue weighted by molar-refractivity contribution is 0.125. The van der Waals surface area contributed by atoms with Crippen LogP contribution in [0.4, 0.5) is 9.93 Å². The first kappa shape index (κ1) is 16.7. The maximum absolute atomic E-state index is 12.4. The SMILES string of the molecule is CCc1ccc2nc(NC(=O)N(CC(C)O)C(C)C)sc2c1. The predicted molar refractivity (Wildman–Crippen MR) is 91.5 cm³/mol. The third-order valence-electron chi connectivity index (χ3n) is 3.42. The Morgan fingerprint density at radius 1 is 1.41 bits per heavy atom. The van der Waals surface area contributed by atoms with Crippen LogP contribution in [-0.4, -0.2) is 39.7 Å². The van der Waals surface area contributed by atoms with Crippen LogP contribution in [0.25, 0.3) is 10.2 Å². The van der Waals surface area contributed by atoms with Crippen LogP contribution in [0.2, 0.25) is 0 Å². The number of benzene rings is 1. The van der Waals surface area contributed by atoms with E-state index in [4.69, 9.17) is 0 Å². The number of urea groups is 1. The first-order valence-corrected chi connectivity index (χ1v) is 8.37. The van der Waals surface area contributed by atoms with E-state index in [2.05, 4.69) is 29.4 Å². The summed E-state index contributed by atoms with van der Waals surface area (Å²) in [5.41, 5.74) is 2.15. The maximum Gasteiger partial charge on any atom is 0.323 e. The smallest absolute Gasteiger partial charge is 0.323 e. The van der Waals surface area contributed by atoms with Gasteiger partial charge < -0.3 is 10.0 Å². The number of aliphatic hydroxyl groups excluding tert-OH is 1. The van der Waals surface area contributed by atoms with E-state index >= 15 is 0 Å². The number of carbonyl (C=O) groups excluding carboxylic acids is 1. The Bertz CT molecular complexity index is 652. The summed E-state index contributed by atoms with van der Waals surface area (Å²) in [5, 5.41) is 13.0. The third-order valence-corrected chi connectivity index (χ3v) is 4.35. The van der Waals surface area contributed by atoms with Gasteiger partial charge in [-0.2, -0.15) is 0 Å². The number of hydrogen-bond donors (Lipinski definition) is 2. The van der Waals surface area contributed by atoms with Crippen LogP contribution < -0.4 is 5.32 Å². The molecule has 1 aromatic heterocycles. The van der Waals surface area contributed by atoms with Crippen molar-refractivity contribution in [3.05, 3.63) is 23.8 Å². The molecule has 0 fully saturated rings. The molecule has 0 saturated carbocycles. The summed E-state index contributed by atoms with van der Waals surface area (Å²) in [4.78, 5) is 18.4. The van der Waals surface area contributed by atoms with E-state index in [1.165, 1.54) is 16.9 Å². The number of nitrogens with zero attached hydrogens (tertiary/aromatic N) is 2. The van der Waals surface area contributed by atoms with Crippen molar-refractivity contribution in [1.29, 1.82) is 0 Å². The summed E-state index contributed by atoms with van der Waals surface area (Å²) in [5.74, 6) is 0. The van der Waals surface area contributed by atoms with Crippen LogP contribution in [0.3, 0.4) is 0 Å². The molecule has 1 aromatic carbocycles. The van der Waals surface area contributed by atoms with Crippen LogP contribution in [0.15, 0.2) is 18.2 Å². The molecule has 22 heavy (non-hydrogen) atoms. The van der Waals surface area contributed by atoms with Gasteiger partial charge in [0.05, 0.1) is 16.3 Å². The number of thiazole rings is 1. The lowest BCUT2D eigenvalue weighted by Crippen LogP contribution is -2.43. The molecule has 1 heterocycles. The molecule has 2 N–H and O–H groups in total. The van der Waals surface area contributed by atoms with Gasteiger partial charge in [0, 0.05) is 12.6 Å². The number of carbonyl (C=O) groups is 1. The zero-order valence-corrected chi connectivity index (χ0v) is 14.3. The fourth-order valence-corrected chi connectivity index (χ4v) is 3.14. The Balaban J connectivity index is 2.16. The summed E-state index contributed by atoms with van der Waals surface area (Å²) in [6, 6.07) is 5.93. The van der Waals surface area contributed by atoms with E-state index in [-0.39, 0.29) is 12.1 Å². The van der Waals surface area contributed by atoms with E-state index in [0.29, 0.717) is 11.7 Å². The van der Waals surface area contributed by atoms with Crippen molar-refractivity contribution in [1.82, 2.24) is 9.88 Å². The first-order chi connectivity index (χ1) is 10.4. The minimum atomic E-state index is -0.560. The van der Waals surface area contributed by atoms with Crippen molar-refractivity contribution in [2.75, 3.05) is 11.9 Å². The standard InChI is InChI=1S/C16H23N3O2S/c1-5-12-6-7-13-14(8-12)22-15(17-13)18-16(21)19(10(2)3)9-11(4)20/h6-8,10-11,20H,5,9H2,1-4H3,(H,17,18,21). The van der Waals surface area contributed by atoms with Gasteiger partial charge in [-0.1, -0.05) is 24.3 Å². The van der Waals surface area contributed by atoms with Crippen molar-refractivity contribution in [3.63, 3.8) is 0 Å². The van der Waals surface area contributed by atoms with Crippen LogP contribution in [0, 0.1) is 0 Å². The van der Waals surface area contributed by atoms with Gasteiger partial charge in [0.25, 0.3) is 0 Å². The number of rotatable bonds is 5. The van der Waals surface area contributed by atoms with E-state index in [1.807, 2.05) is 19.9 Å². The number of amides is 2. The largest absolute Gasteiger partial charge is 0.392 e. The highest BCUT2D eigenvalue weighted by Gasteiger charge is 2.20. The average Bonchev–Trinajstić information content (AvgIpc) is 2.84. The molecule has 120 valence electrons. The Kier molecular flexibility index (Phi) is 5.37. The molecular weight excluding hydrogens is 298 g/mol. The highest BCUT2D eigenvalue weighted by Crippen LogP contribution is 2.27. The van der Waals surface area contributed by atoms with Gasteiger partial charge in [0.1, 0.15) is 0 Å². The summed E-state index contributed by atoms with van der Waals surface area (Å²) < 4.78 is 1.07. The zero-order valence-electron chi connectivity index (χ0n) is 13.5. The Morgan fingerprint density at radius 2 is 2.14 bits per heavy atom. The van der Waals surface area contributed by atoms with Gasteiger partial charge in [-0.15, -0.1) is 0 Å². The Morgan fingerprint density at radius 3 is 2.73 bits per heavy atom. The van der Waals surface area contributed by atoms with Gasteiger partial charge in [0.15, 0.2) is 5.13 Å². The summed E-state index contributed by atoms with van der Waals surface area (Å²) in [6.07, 6.45) is 0.418. The molecule has 2 rings (SSSR count). The highest BCUT2D eigenvalue weighted by molar-refractivity contribution is 7.22. The van der Waals surface area contributed by atoms with Crippen LogP contribution >= 0.6 is 11.3 Å². The number of hydrogen-bond acceptors (Lipinski definition) is 4. The van der Waals surface area contributed by atoms with Gasteiger partial charge in [-0.05, 0) is 44.9 Å². The van der Waals surface area contributed by atoms with Crippen molar-refractivity contribution >= 4 is 32.7 Å². The van der Waals surface area contributed by atoms with E-state index in [0.717, 1.165) is 16.6 Å². The normalized spacial score (nSPS) is 12.6. The number of aliphatic hydroxyl groups is 1. The molecule has 0 saturated heterocycles. The number of nitrogens with one attached hydrogen (secondary N) is 1. The molecule has 0 spiro atoms. The van der Waals surface area contributed by atoms with Gasteiger partial charge in [0.2, 0.25) is 0 Å². The lowest BCUT2D eigenvalue weighted by atomic mass is 10.2. The molecule has 2 amide bonds. The lowest BCUT2D eigenvalue weighted by Gasteiger charge is -2.27. The van der Waals surface area contributed by atoms with Crippen molar-refractivity contribution in [2.45, 2.75) is 46.3 Å². The topological polar surface area (TPSA) is 65.5 Å². The van der Waals surface area contributed by atoms with Gasteiger partial charge in [-0.25, -0.2) is 9.78 Å². The van der Waals surface area contributed by atoms with Crippen LogP contribution in [0.1, 0.15) is 33.3 Å². The number of aryl methyl sites for hydroxylation is 1.